The zero-order valence-corrected chi connectivity index (χ0v) is 25.8. The van der Waals surface area contributed by atoms with E-state index in [4.69, 9.17) is 14.2 Å². The topological polar surface area (TPSA) is 82.1 Å². The second kappa shape index (κ2) is 8.35. The van der Waals surface area contributed by atoms with Crippen molar-refractivity contribution in [3.8, 4) is 0 Å². The second-order valence-electron chi connectivity index (χ2n) is 15.0. The quantitative estimate of drug-likeness (QED) is 0.363. The lowest BCUT2D eigenvalue weighted by Crippen LogP contribution is -2.65. The minimum absolute atomic E-state index is 0.0242. The third kappa shape index (κ3) is 3.30. The van der Waals surface area contributed by atoms with Crippen LogP contribution in [0.2, 0.25) is 0 Å². The third-order valence-corrected chi connectivity index (χ3v) is 12.0. The van der Waals surface area contributed by atoms with Crippen molar-refractivity contribution in [1.82, 2.24) is 0 Å². The third-order valence-electron chi connectivity index (χ3n) is 12.0. The first-order valence-electron chi connectivity index (χ1n) is 15.6. The number of allylic oxidation sites excluding steroid dienone is 1. The molecule has 0 aromatic heterocycles. The summed E-state index contributed by atoms with van der Waals surface area (Å²) < 4.78 is 19.1. The van der Waals surface area contributed by atoms with Gasteiger partial charge in [0.2, 0.25) is 0 Å². The summed E-state index contributed by atoms with van der Waals surface area (Å²) in [5.74, 6) is -0.968. The lowest BCUT2D eigenvalue weighted by molar-refractivity contribution is -0.297. The predicted molar refractivity (Wildman–Crippen MR) is 160 cm³/mol. The van der Waals surface area contributed by atoms with E-state index in [1.165, 1.54) is 0 Å². The van der Waals surface area contributed by atoms with E-state index < -0.39 is 40.4 Å². The number of fused-ring (bicyclic) bond motifs is 6. The average Bonchev–Trinajstić information content (AvgIpc) is 3.79. The minimum Gasteiger partial charge on any atom is -0.451 e. The van der Waals surface area contributed by atoms with Gasteiger partial charge in [0.25, 0.3) is 0 Å². The largest absolute Gasteiger partial charge is 0.451 e. The molecule has 2 aromatic carbocycles. The monoisotopic (exact) mass is 580 g/mol. The predicted octanol–water partition coefficient (Wildman–Crippen LogP) is 5.82. The molecular weight excluding hydrogens is 540 g/mol. The highest BCUT2D eigenvalue weighted by atomic mass is 16.7. The van der Waals surface area contributed by atoms with Crippen molar-refractivity contribution in [2.75, 3.05) is 6.61 Å². The van der Waals surface area contributed by atoms with Gasteiger partial charge in [0.15, 0.2) is 23.3 Å². The summed E-state index contributed by atoms with van der Waals surface area (Å²) in [6, 6.07) is 17.5. The Morgan fingerprint density at radius 1 is 1.02 bits per heavy atom. The smallest absolute Gasteiger partial charge is 0.339 e. The average molecular weight is 581 g/mol. The molecule has 6 heteroatoms. The number of benzene rings is 2. The number of hydrogen-bond donors (Lipinski definition) is 1. The number of carbonyl (C=O) groups is 2. The molecule has 6 nitrogen and oxygen atoms in total. The number of rotatable bonds is 4. The van der Waals surface area contributed by atoms with E-state index in [2.05, 4.69) is 26.8 Å². The van der Waals surface area contributed by atoms with Gasteiger partial charge in [0.05, 0.1) is 17.6 Å². The Balaban J connectivity index is 1.24. The van der Waals surface area contributed by atoms with Gasteiger partial charge in [-0.3, -0.25) is 4.79 Å². The molecule has 43 heavy (non-hydrogen) atoms. The molecule has 2 aromatic rings. The first-order valence-corrected chi connectivity index (χ1v) is 15.6. The molecule has 0 unspecified atom stereocenters. The summed E-state index contributed by atoms with van der Waals surface area (Å²) in [7, 11) is 0. The molecular formula is C37H40O6. The maximum Gasteiger partial charge on any atom is 0.339 e. The number of Topliss-reactive ketones (excluding diaryl/α,β-unsaturated/α-hetero) is 1. The van der Waals surface area contributed by atoms with Gasteiger partial charge in [-0.05, 0) is 91.7 Å². The normalized spacial score (nSPS) is 40.8. The van der Waals surface area contributed by atoms with Gasteiger partial charge in [-0.2, -0.15) is 0 Å². The molecule has 1 heterocycles. The molecule has 1 saturated heterocycles. The Morgan fingerprint density at radius 2 is 1.72 bits per heavy atom. The van der Waals surface area contributed by atoms with Crippen LogP contribution in [0.5, 0.6) is 0 Å². The second-order valence-corrected chi connectivity index (χ2v) is 15.0. The van der Waals surface area contributed by atoms with E-state index in [0.29, 0.717) is 17.9 Å². The van der Waals surface area contributed by atoms with Crippen LogP contribution in [0.3, 0.4) is 0 Å². The highest BCUT2D eigenvalue weighted by molar-refractivity contribution is 6.04. The molecule has 4 fully saturated rings. The minimum atomic E-state index is -1.77. The number of carbonyl (C=O) groups excluding carboxylic acids is 2. The first-order chi connectivity index (χ1) is 20.3. The van der Waals surface area contributed by atoms with E-state index in [0.717, 1.165) is 34.3 Å². The molecule has 2 bridgehead atoms. The van der Waals surface area contributed by atoms with Crippen molar-refractivity contribution in [3.05, 3.63) is 94.1 Å². The fraction of sp³-hybridized carbons (Fsp3) is 0.514. The Labute approximate surface area is 253 Å². The van der Waals surface area contributed by atoms with Crippen molar-refractivity contribution >= 4 is 11.8 Å². The molecule has 1 N–H and O–H groups in total. The van der Waals surface area contributed by atoms with Crippen LogP contribution in [0.15, 0.2) is 77.4 Å². The number of esters is 1. The van der Waals surface area contributed by atoms with E-state index in [-0.39, 0.29) is 29.6 Å². The van der Waals surface area contributed by atoms with Crippen LogP contribution in [-0.2, 0) is 25.4 Å². The Bertz CT molecular complexity index is 1650. The number of hydrogen-bond acceptors (Lipinski definition) is 6. The lowest BCUT2D eigenvalue weighted by atomic mass is 9.67. The molecule has 8 rings (SSSR count). The van der Waals surface area contributed by atoms with Crippen LogP contribution < -0.4 is 0 Å². The van der Waals surface area contributed by atoms with Crippen LogP contribution in [-0.4, -0.2) is 47.1 Å². The van der Waals surface area contributed by atoms with Gasteiger partial charge in [0.1, 0.15) is 6.10 Å². The summed E-state index contributed by atoms with van der Waals surface area (Å²) in [6.45, 7) is 12.4. The number of ether oxygens (including phenoxy) is 3. The fourth-order valence-corrected chi connectivity index (χ4v) is 10.2. The molecule has 224 valence electrons. The highest BCUT2D eigenvalue weighted by Crippen LogP contribution is 2.85. The SMILES string of the molecule is CC1=C2[C@@H]3C[C@@H]4[C@@H](C4(C)C)[C@]4(C)C=C5COC(C)(C)O[C@H]5[C@](O)([C@H]1OC(=O)c1ccccc1Cc1ccccc1)[C@@]23C4=O. The summed E-state index contributed by atoms with van der Waals surface area (Å²) in [6.07, 6.45) is 1.62. The summed E-state index contributed by atoms with van der Waals surface area (Å²) in [4.78, 5) is 29.1. The van der Waals surface area contributed by atoms with Crippen molar-refractivity contribution in [2.45, 2.75) is 78.0 Å². The van der Waals surface area contributed by atoms with Gasteiger partial charge in [0, 0.05) is 11.3 Å². The van der Waals surface area contributed by atoms with Crippen molar-refractivity contribution in [2.24, 2.45) is 34.0 Å². The molecule has 0 radical (unpaired) electrons. The highest BCUT2D eigenvalue weighted by Gasteiger charge is 2.90. The maximum absolute atomic E-state index is 15.1. The Hall–Kier alpha value is -3.06. The summed E-state index contributed by atoms with van der Waals surface area (Å²) in [5.41, 5.74) is 1.25. The van der Waals surface area contributed by atoms with Crippen molar-refractivity contribution in [1.29, 1.82) is 0 Å². The lowest BCUT2D eigenvalue weighted by Gasteiger charge is -2.49. The standard InChI is InChI=1S/C37H40O6/c1-20-27-25-17-26-28(33(26,2)3)35(6)18-23-19-41-34(4,5)43-30(23)37(40,36(25,27)32(35)39)29(20)42-31(38)24-15-11-10-14-22(24)16-21-12-8-7-9-13-21/h7-15,18,25-26,28-30,40H,16-17,19H2,1-6H3/t25-,26+,28-,29-,30+,35-,36+,37+/m0/s1. The molecule has 3 saturated carbocycles. The Kier molecular flexibility index (Phi) is 5.34. The van der Waals surface area contributed by atoms with Crippen molar-refractivity contribution < 1.29 is 28.9 Å². The summed E-state index contributed by atoms with van der Waals surface area (Å²) in [5, 5.41) is 13.3. The number of aliphatic hydroxyl groups is 1. The molecule has 1 aliphatic heterocycles. The van der Waals surface area contributed by atoms with Crippen LogP contribution in [0.25, 0.3) is 0 Å². The number of ketones is 1. The van der Waals surface area contributed by atoms with Gasteiger partial charge in [-0.1, -0.05) is 68.5 Å². The van der Waals surface area contributed by atoms with Gasteiger partial charge >= 0.3 is 5.97 Å². The van der Waals surface area contributed by atoms with E-state index >= 15 is 4.79 Å². The van der Waals surface area contributed by atoms with E-state index in [1.54, 1.807) is 6.07 Å². The molecule has 1 spiro atoms. The molecule has 0 amide bonds. The van der Waals surface area contributed by atoms with Crippen LogP contribution in [0.1, 0.15) is 69.4 Å². The first kappa shape index (κ1) is 27.5. The van der Waals surface area contributed by atoms with E-state index in [1.807, 2.05) is 69.3 Å². The summed E-state index contributed by atoms with van der Waals surface area (Å²) >= 11 is 0. The Morgan fingerprint density at radius 3 is 2.47 bits per heavy atom. The zero-order valence-electron chi connectivity index (χ0n) is 25.8. The van der Waals surface area contributed by atoms with Gasteiger partial charge in [-0.25, -0.2) is 4.79 Å². The maximum atomic E-state index is 15.1. The molecule has 5 aliphatic carbocycles. The van der Waals surface area contributed by atoms with Crippen molar-refractivity contribution in [3.63, 3.8) is 0 Å². The molecule has 8 atom stereocenters. The zero-order chi connectivity index (χ0) is 30.3. The fourth-order valence-electron chi connectivity index (χ4n) is 10.2. The van der Waals surface area contributed by atoms with E-state index in [9.17, 15) is 9.90 Å². The van der Waals surface area contributed by atoms with Crippen LogP contribution >= 0.6 is 0 Å². The van der Waals surface area contributed by atoms with Crippen LogP contribution in [0, 0.1) is 34.0 Å². The van der Waals surface area contributed by atoms with Gasteiger partial charge in [-0.15, -0.1) is 0 Å². The molecule has 6 aliphatic rings. The van der Waals surface area contributed by atoms with Gasteiger partial charge < -0.3 is 19.3 Å². The van der Waals surface area contributed by atoms with Crippen LogP contribution in [0.4, 0.5) is 0 Å².